The summed E-state index contributed by atoms with van der Waals surface area (Å²) in [5, 5.41) is 13.4. The second kappa shape index (κ2) is 5.87. The number of carbonyl (C=O) groups excluding carboxylic acids is 1. The number of rotatable bonds is 2. The zero-order valence-electron chi connectivity index (χ0n) is 10.4. The zero-order valence-corrected chi connectivity index (χ0v) is 11.6. The molecule has 2 rings (SSSR count). The molecule has 0 atom stereocenters. The number of hydrogen-bond donors (Lipinski definition) is 1. The van der Waals surface area contributed by atoms with Gasteiger partial charge in [-0.15, -0.1) is 0 Å². The number of benzene rings is 1. The number of nitrogens with zero attached hydrogens (tertiary/aromatic N) is 2. The van der Waals surface area contributed by atoms with Crippen molar-refractivity contribution in [3.63, 3.8) is 0 Å². The van der Waals surface area contributed by atoms with Crippen LogP contribution in [0, 0.1) is 12.7 Å². The number of ketones is 1. The molecule has 9 heteroatoms. The Morgan fingerprint density at radius 3 is 2.24 bits per heavy atom. The van der Waals surface area contributed by atoms with Gasteiger partial charge in [-0.2, -0.15) is 18.3 Å². The van der Waals surface area contributed by atoms with E-state index in [1.807, 2.05) is 0 Å². The Balaban J connectivity index is 0.00000220. The Morgan fingerprint density at radius 2 is 1.76 bits per heavy atom. The molecule has 1 aromatic heterocycles. The summed E-state index contributed by atoms with van der Waals surface area (Å²) >= 11 is 0. The first-order chi connectivity index (χ1) is 9.21. The number of Topliss-reactive ketones (excluding diaryl/α,β-unsaturated/α-hetero) is 1. The summed E-state index contributed by atoms with van der Waals surface area (Å²) in [5.41, 5.74) is -1.05. The van der Waals surface area contributed by atoms with Gasteiger partial charge < -0.3 is 5.11 Å². The third kappa shape index (κ3) is 3.25. The maximum absolute atomic E-state index is 12.8. The van der Waals surface area contributed by atoms with E-state index >= 15 is 0 Å². The summed E-state index contributed by atoms with van der Waals surface area (Å²) in [5.74, 6) is -3.67. The molecule has 4 nitrogen and oxygen atoms in total. The molecule has 0 saturated carbocycles. The standard InChI is InChI=1S/C12H8F4N2O2.Mn/c1-6-9(10(19)12(14,15)16)11(20)18(17-6)8-4-2-7(13)3-5-8;/h2-5,20H,1H3;. The van der Waals surface area contributed by atoms with Crippen molar-refractivity contribution in [1.82, 2.24) is 9.78 Å². The van der Waals surface area contributed by atoms with Crippen molar-refractivity contribution in [2.75, 3.05) is 0 Å². The van der Waals surface area contributed by atoms with Gasteiger partial charge in [-0.3, -0.25) is 4.79 Å². The molecular weight excluding hydrogens is 335 g/mol. The van der Waals surface area contributed by atoms with Gasteiger partial charge in [0.2, 0.25) is 5.88 Å². The average Bonchev–Trinajstić information content (AvgIpc) is 2.64. The molecule has 0 aliphatic carbocycles. The Kier molecular flexibility index (Phi) is 4.80. The molecule has 1 aromatic carbocycles. The fourth-order valence-corrected chi connectivity index (χ4v) is 1.68. The van der Waals surface area contributed by atoms with Crippen LogP contribution in [0.4, 0.5) is 17.6 Å². The molecule has 21 heavy (non-hydrogen) atoms. The molecule has 0 saturated heterocycles. The molecule has 0 unspecified atom stereocenters. The van der Waals surface area contributed by atoms with E-state index in [2.05, 4.69) is 5.10 Å². The van der Waals surface area contributed by atoms with Gasteiger partial charge in [0.25, 0.3) is 5.78 Å². The molecule has 0 fully saturated rings. The van der Waals surface area contributed by atoms with Crippen LogP contribution in [0.1, 0.15) is 16.1 Å². The minimum atomic E-state index is -5.11. The van der Waals surface area contributed by atoms with Gasteiger partial charge in [-0.05, 0) is 31.2 Å². The van der Waals surface area contributed by atoms with Gasteiger partial charge in [0.15, 0.2) is 0 Å². The molecular formula is C12H8F4MnN2O2. The Labute approximate surface area is 126 Å². The predicted molar refractivity (Wildman–Crippen MR) is 60.3 cm³/mol. The van der Waals surface area contributed by atoms with Crippen LogP contribution >= 0.6 is 0 Å². The summed E-state index contributed by atoms with van der Waals surface area (Å²) in [4.78, 5) is 11.2. The third-order valence-electron chi connectivity index (χ3n) is 2.59. The molecule has 0 spiro atoms. The van der Waals surface area contributed by atoms with Crippen molar-refractivity contribution in [3.05, 3.63) is 41.3 Å². The maximum Gasteiger partial charge on any atom is 0.455 e. The number of aromatic hydroxyl groups is 1. The topological polar surface area (TPSA) is 55.1 Å². The van der Waals surface area contributed by atoms with Crippen molar-refractivity contribution in [2.45, 2.75) is 13.1 Å². The fourth-order valence-electron chi connectivity index (χ4n) is 1.68. The summed E-state index contributed by atoms with van der Waals surface area (Å²) in [6.45, 7) is 1.17. The second-order valence-electron chi connectivity index (χ2n) is 4.00. The van der Waals surface area contributed by atoms with E-state index in [1.165, 1.54) is 19.1 Å². The Hall–Kier alpha value is -1.86. The summed E-state index contributed by atoms with van der Waals surface area (Å²) in [6, 6.07) is 4.53. The summed E-state index contributed by atoms with van der Waals surface area (Å²) in [6.07, 6.45) is -5.11. The summed E-state index contributed by atoms with van der Waals surface area (Å²) in [7, 11) is 0. The van der Waals surface area contributed by atoms with Crippen LogP contribution in [-0.4, -0.2) is 26.8 Å². The van der Waals surface area contributed by atoms with E-state index in [0.717, 1.165) is 16.8 Å². The van der Waals surface area contributed by atoms with E-state index in [-0.39, 0.29) is 28.4 Å². The monoisotopic (exact) mass is 343 g/mol. The minimum absolute atomic E-state index is 0. The molecule has 2 aromatic rings. The first kappa shape index (κ1) is 17.2. The van der Waals surface area contributed by atoms with Crippen molar-refractivity contribution < 1.29 is 44.5 Å². The van der Waals surface area contributed by atoms with Gasteiger partial charge in [0.1, 0.15) is 11.4 Å². The molecule has 0 amide bonds. The van der Waals surface area contributed by atoms with Crippen LogP contribution in [0.5, 0.6) is 5.88 Å². The van der Waals surface area contributed by atoms with Crippen LogP contribution in [0.2, 0.25) is 0 Å². The largest absolute Gasteiger partial charge is 0.493 e. The van der Waals surface area contributed by atoms with E-state index in [1.54, 1.807) is 0 Å². The molecule has 113 valence electrons. The van der Waals surface area contributed by atoms with Gasteiger partial charge in [0.05, 0.1) is 11.4 Å². The van der Waals surface area contributed by atoms with E-state index in [4.69, 9.17) is 0 Å². The van der Waals surface area contributed by atoms with Crippen LogP contribution in [-0.2, 0) is 17.1 Å². The first-order valence-electron chi connectivity index (χ1n) is 5.38. The minimum Gasteiger partial charge on any atom is -0.493 e. The summed E-state index contributed by atoms with van der Waals surface area (Å²) < 4.78 is 50.8. The third-order valence-corrected chi connectivity index (χ3v) is 2.59. The van der Waals surface area contributed by atoms with Crippen LogP contribution in [0.3, 0.4) is 0 Å². The number of halogens is 4. The van der Waals surface area contributed by atoms with Gasteiger partial charge in [0, 0.05) is 17.1 Å². The molecule has 0 aliphatic heterocycles. The van der Waals surface area contributed by atoms with Crippen molar-refractivity contribution in [1.29, 1.82) is 0 Å². The smallest absolute Gasteiger partial charge is 0.455 e. The van der Waals surface area contributed by atoms with Crippen molar-refractivity contribution in [2.24, 2.45) is 0 Å². The average molecular weight is 343 g/mol. The first-order valence-corrected chi connectivity index (χ1v) is 5.38. The van der Waals surface area contributed by atoms with E-state index in [0.29, 0.717) is 0 Å². The van der Waals surface area contributed by atoms with Gasteiger partial charge in [-0.1, -0.05) is 0 Å². The maximum atomic E-state index is 12.8. The van der Waals surface area contributed by atoms with Crippen molar-refractivity contribution in [3.8, 4) is 11.6 Å². The molecule has 1 heterocycles. The Bertz CT molecular complexity index is 665. The van der Waals surface area contributed by atoms with Crippen LogP contribution in [0.15, 0.2) is 24.3 Å². The zero-order chi connectivity index (χ0) is 15.1. The molecule has 1 radical (unpaired) electrons. The van der Waals surface area contributed by atoms with Crippen LogP contribution in [0.25, 0.3) is 5.69 Å². The van der Waals surface area contributed by atoms with Crippen LogP contribution < -0.4 is 0 Å². The number of hydrogen-bond acceptors (Lipinski definition) is 3. The van der Waals surface area contributed by atoms with E-state index < -0.39 is 29.2 Å². The van der Waals surface area contributed by atoms with Gasteiger partial charge >= 0.3 is 6.18 Å². The van der Waals surface area contributed by atoms with Crippen molar-refractivity contribution >= 4 is 5.78 Å². The Morgan fingerprint density at radius 1 is 1.24 bits per heavy atom. The number of carbonyl (C=O) groups is 1. The number of aromatic nitrogens is 2. The predicted octanol–water partition coefficient (Wildman–Crippen LogP) is 2.77. The van der Waals surface area contributed by atoms with Gasteiger partial charge in [-0.25, -0.2) is 9.07 Å². The molecule has 1 N–H and O–H groups in total. The SMILES string of the molecule is Cc1nn(-c2ccc(F)cc2)c(O)c1C(=O)C(F)(F)F.[Mn]. The molecule has 0 bridgehead atoms. The quantitative estimate of drug-likeness (QED) is 0.518. The number of alkyl halides is 3. The normalized spacial score (nSPS) is 11.1. The van der Waals surface area contributed by atoms with E-state index in [9.17, 15) is 27.5 Å². The fraction of sp³-hybridized carbons (Fsp3) is 0.167. The molecule has 0 aliphatic rings. The second-order valence-corrected chi connectivity index (χ2v) is 4.00. The number of aryl methyl sites for hydroxylation is 1.